The third-order valence-electron chi connectivity index (χ3n) is 1.40. The van der Waals surface area contributed by atoms with Gasteiger partial charge in [-0.15, -0.1) is 0 Å². The second-order valence-corrected chi connectivity index (χ2v) is 2.65. The minimum Gasteiger partial charge on any atom is -0.361 e. The second kappa shape index (κ2) is 3.72. The Morgan fingerprint density at radius 2 is 2.54 bits per heavy atom. The van der Waals surface area contributed by atoms with Crippen LogP contribution >= 0.6 is 0 Å². The molecule has 1 aromatic rings. The molecule has 0 aromatic carbocycles. The minimum absolute atomic E-state index is 0.194. The van der Waals surface area contributed by atoms with Gasteiger partial charge in [0.1, 0.15) is 11.8 Å². The fourth-order valence-corrected chi connectivity index (χ4v) is 0.776. The second-order valence-electron chi connectivity index (χ2n) is 2.65. The van der Waals surface area contributed by atoms with Gasteiger partial charge < -0.3 is 9.84 Å². The summed E-state index contributed by atoms with van der Waals surface area (Å²) < 4.78 is 4.71. The van der Waals surface area contributed by atoms with Gasteiger partial charge in [0.2, 0.25) is 0 Å². The molecule has 5 nitrogen and oxygen atoms in total. The molecule has 1 unspecified atom stereocenters. The van der Waals surface area contributed by atoms with E-state index in [1.165, 1.54) is 6.07 Å². The summed E-state index contributed by atoms with van der Waals surface area (Å²) in [5.41, 5.74) is 0.194. The molecule has 1 aromatic heterocycles. The summed E-state index contributed by atoms with van der Waals surface area (Å²) in [6.45, 7) is 3.28. The van der Waals surface area contributed by atoms with Crippen LogP contribution in [0.3, 0.4) is 0 Å². The van der Waals surface area contributed by atoms with Gasteiger partial charge in [0.15, 0.2) is 5.69 Å². The molecule has 0 aliphatic heterocycles. The molecule has 0 saturated carbocycles. The Bertz CT molecular complexity index is 351. The quantitative estimate of drug-likeness (QED) is 0.721. The summed E-state index contributed by atoms with van der Waals surface area (Å²) in [5.74, 6) is 0.167. The van der Waals surface area contributed by atoms with Gasteiger partial charge in [-0.1, -0.05) is 5.16 Å². The van der Waals surface area contributed by atoms with Crippen LogP contribution in [0.5, 0.6) is 0 Å². The van der Waals surface area contributed by atoms with Gasteiger partial charge >= 0.3 is 0 Å². The van der Waals surface area contributed by atoms with Crippen LogP contribution in [0.1, 0.15) is 23.2 Å². The molecule has 1 amide bonds. The molecule has 68 valence electrons. The van der Waals surface area contributed by atoms with Gasteiger partial charge in [0, 0.05) is 6.07 Å². The zero-order valence-corrected chi connectivity index (χ0v) is 7.37. The van der Waals surface area contributed by atoms with Gasteiger partial charge in [-0.25, -0.2) is 0 Å². The highest BCUT2D eigenvalue weighted by Gasteiger charge is 2.12. The van der Waals surface area contributed by atoms with Crippen molar-refractivity contribution in [2.24, 2.45) is 0 Å². The van der Waals surface area contributed by atoms with E-state index in [9.17, 15) is 4.79 Å². The van der Waals surface area contributed by atoms with Crippen LogP contribution in [0, 0.1) is 18.3 Å². The van der Waals surface area contributed by atoms with E-state index in [1.54, 1.807) is 13.8 Å². The highest BCUT2D eigenvalue weighted by molar-refractivity contribution is 5.92. The first kappa shape index (κ1) is 9.26. The van der Waals surface area contributed by atoms with Crippen LogP contribution in [0.25, 0.3) is 0 Å². The Balaban J connectivity index is 2.65. The Morgan fingerprint density at radius 3 is 3.00 bits per heavy atom. The molecule has 1 rings (SSSR count). The summed E-state index contributed by atoms with van der Waals surface area (Å²) in [5, 5.41) is 14.4. The van der Waals surface area contributed by atoms with E-state index in [0.29, 0.717) is 5.76 Å². The van der Waals surface area contributed by atoms with Gasteiger partial charge in [-0.3, -0.25) is 4.79 Å². The van der Waals surface area contributed by atoms with E-state index in [2.05, 4.69) is 10.5 Å². The number of carbonyl (C=O) groups is 1. The lowest BCUT2D eigenvalue weighted by Crippen LogP contribution is -2.31. The average molecular weight is 179 g/mol. The van der Waals surface area contributed by atoms with Crippen molar-refractivity contribution in [3.8, 4) is 6.07 Å². The third-order valence-corrected chi connectivity index (χ3v) is 1.40. The molecule has 13 heavy (non-hydrogen) atoms. The van der Waals surface area contributed by atoms with E-state index in [1.807, 2.05) is 6.07 Å². The number of nitriles is 1. The van der Waals surface area contributed by atoms with E-state index in [0.717, 1.165) is 0 Å². The van der Waals surface area contributed by atoms with E-state index in [-0.39, 0.29) is 5.69 Å². The third kappa shape index (κ3) is 2.30. The van der Waals surface area contributed by atoms with Crippen molar-refractivity contribution in [1.82, 2.24) is 10.5 Å². The summed E-state index contributed by atoms with van der Waals surface area (Å²) in [6.07, 6.45) is 0. The van der Waals surface area contributed by atoms with Crippen LogP contribution in [-0.2, 0) is 0 Å². The van der Waals surface area contributed by atoms with Gasteiger partial charge in [-0.05, 0) is 13.8 Å². The van der Waals surface area contributed by atoms with Crippen LogP contribution in [-0.4, -0.2) is 17.1 Å². The lowest BCUT2D eigenvalue weighted by Gasteiger charge is -2.01. The first-order chi connectivity index (χ1) is 6.13. The summed E-state index contributed by atoms with van der Waals surface area (Å²) in [4.78, 5) is 11.2. The first-order valence-corrected chi connectivity index (χ1v) is 3.77. The zero-order valence-electron chi connectivity index (χ0n) is 7.37. The van der Waals surface area contributed by atoms with Crippen molar-refractivity contribution in [3.05, 3.63) is 17.5 Å². The number of carbonyl (C=O) groups excluding carboxylic acids is 1. The lowest BCUT2D eigenvalue weighted by atomic mass is 10.3. The van der Waals surface area contributed by atoms with Gasteiger partial charge in [-0.2, -0.15) is 5.26 Å². The van der Waals surface area contributed by atoms with Crippen LogP contribution in [0.15, 0.2) is 10.6 Å². The lowest BCUT2D eigenvalue weighted by molar-refractivity contribution is 0.0938. The van der Waals surface area contributed by atoms with Crippen molar-refractivity contribution < 1.29 is 9.32 Å². The largest absolute Gasteiger partial charge is 0.361 e. The normalized spacial score (nSPS) is 11.8. The number of rotatable bonds is 2. The number of hydrogen-bond acceptors (Lipinski definition) is 4. The van der Waals surface area contributed by atoms with Crippen molar-refractivity contribution in [2.45, 2.75) is 19.9 Å². The monoisotopic (exact) mass is 179 g/mol. The number of hydrogen-bond donors (Lipinski definition) is 1. The summed E-state index contributed by atoms with van der Waals surface area (Å²) in [6, 6.07) is 2.87. The molecule has 5 heteroatoms. The molecule has 0 fully saturated rings. The number of nitrogens with zero attached hydrogens (tertiary/aromatic N) is 2. The van der Waals surface area contributed by atoms with Crippen LogP contribution < -0.4 is 5.32 Å². The van der Waals surface area contributed by atoms with Crippen LogP contribution in [0.2, 0.25) is 0 Å². The van der Waals surface area contributed by atoms with Crippen LogP contribution in [0.4, 0.5) is 0 Å². The predicted octanol–water partition coefficient (Wildman–Crippen LogP) is 0.625. The molecule has 0 aliphatic rings. The number of aromatic nitrogens is 1. The minimum atomic E-state index is -0.524. The maximum Gasteiger partial charge on any atom is 0.274 e. The molecular weight excluding hydrogens is 170 g/mol. The van der Waals surface area contributed by atoms with E-state index in [4.69, 9.17) is 9.78 Å². The first-order valence-electron chi connectivity index (χ1n) is 3.77. The fraction of sp³-hybridized carbons (Fsp3) is 0.375. The van der Waals surface area contributed by atoms with E-state index < -0.39 is 11.9 Å². The molecule has 1 heterocycles. The average Bonchev–Trinajstić information content (AvgIpc) is 2.51. The number of aryl methyl sites for hydroxylation is 1. The van der Waals surface area contributed by atoms with Crippen molar-refractivity contribution in [2.75, 3.05) is 0 Å². The Labute approximate surface area is 75.3 Å². The Hall–Kier alpha value is -1.83. The predicted molar refractivity (Wildman–Crippen MR) is 43.8 cm³/mol. The SMILES string of the molecule is Cc1cc(C(=O)NC(C)C#N)no1. The maximum atomic E-state index is 11.2. The smallest absolute Gasteiger partial charge is 0.274 e. The summed E-state index contributed by atoms with van der Waals surface area (Å²) in [7, 11) is 0. The molecule has 0 radical (unpaired) electrons. The molecule has 0 aliphatic carbocycles. The van der Waals surface area contributed by atoms with E-state index >= 15 is 0 Å². The highest BCUT2D eigenvalue weighted by atomic mass is 16.5. The molecule has 0 saturated heterocycles. The molecular formula is C8H9N3O2. The fourth-order valence-electron chi connectivity index (χ4n) is 0.776. The maximum absolute atomic E-state index is 11.2. The van der Waals surface area contributed by atoms with Gasteiger partial charge in [0.25, 0.3) is 5.91 Å². The molecule has 1 atom stereocenters. The Morgan fingerprint density at radius 1 is 1.85 bits per heavy atom. The summed E-state index contributed by atoms with van der Waals surface area (Å²) >= 11 is 0. The topological polar surface area (TPSA) is 78.9 Å². The standard InChI is InChI=1S/C8H9N3O2/c1-5(4-9)10-8(12)7-3-6(2)13-11-7/h3,5H,1-2H3,(H,10,12). The van der Waals surface area contributed by atoms with Crippen molar-refractivity contribution in [3.63, 3.8) is 0 Å². The highest BCUT2D eigenvalue weighted by Crippen LogP contribution is 2.01. The molecule has 0 spiro atoms. The molecule has 1 N–H and O–H groups in total. The Kier molecular flexibility index (Phi) is 2.65. The van der Waals surface area contributed by atoms with Crippen molar-refractivity contribution in [1.29, 1.82) is 5.26 Å². The molecule has 0 bridgehead atoms. The number of nitrogens with one attached hydrogen (secondary N) is 1. The van der Waals surface area contributed by atoms with Gasteiger partial charge in [0.05, 0.1) is 6.07 Å². The number of amides is 1. The zero-order chi connectivity index (χ0) is 9.84. The van der Waals surface area contributed by atoms with Crippen molar-refractivity contribution >= 4 is 5.91 Å².